The summed E-state index contributed by atoms with van der Waals surface area (Å²) in [6, 6.07) is 6.47. The van der Waals surface area contributed by atoms with Gasteiger partial charge in [0.25, 0.3) is 0 Å². The highest BCUT2D eigenvalue weighted by molar-refractivity contribution is 7.99. The molecule has 0 heterocycles. The molecule has 3 N–H and O–H groups in total. The van der Waals surface area contributed by atoms with E-state index in [1.165, 1.54) is 16.0 Å². The van der Waals surface area contributed by atoms with E-state index in [0.717, 1.165) is 12.2 Å². The van der Waals surface area contributed by atoms with Crippen LogP contribution in [-0.2, 0) is 0 Å². The van der Waals surface area contributed by atoms with E-state index in [9.17, 15) is 0 Å². The molecule has 16 heavy (non-hydrogen) atoms. The number of aryl methyl sites for hydroxylation is 2. The van der Waals surface area contributed by atoms with Crippen molar-refractivity contribution in [2.45, 2.75) is 31.6 Å². The lowest BCUT2D eigenvalue weighted by molar-refractivity contribution is 0.317. The molecule has 4 heteroatoms. The molecule has 0 aliphatic rings. The number of benzene rings is 1. The first-order valence-corrected chi connectivity index (χ1v) is 6.28. The van der Waals surface area contributed by atoms with Gasteiger partial charge >= 0.3 is 0 Å². The molecular formula is C12H18N2OS. The molecule has 1 rings (SSSR count). The molecule has 0 spiro atoms. The summed E-state index contributed by atoms with van der Waals surface area (Å²) in [4.78, 5) is 1.28. The highest BCUT2D eigenvalue weighted by atomic mass is 32.2. The van der Waals surface area contributed by atoms with E-state index in [0.29, 0.717) is 12.3 Å². The number of hydrogen-bond acceptors (Lipinski definition) is 3. The fraction of sp³-hybridized carbons (Fsp3) is 0.417. The monoisotopic (exact) mass is 238 g/mol. The molecule has 0 radical (unpaired) electrons. The van der Waals surface area contributed by atoms with Crippen LogP contribution >= 0.6 is 11.8 Å². The molecule has 0 fully saturated rings. The molecule has 3 nitrogen and oxygen atoms in total. The summed E-state index contributed by atoms with van der Waals surface area (Å²) in [5.74, 6) is 1.29. The Morgan fingerprint density at radius 2 is 2.12 bits per heavy atom. The van der Waals surface area contributed by atoms with Crippen molar-refractivity contribution in [2.24, 2.45) is 10.9 Å². The second-order valence-corrected chi connectivity index (χ2v) is 4.96. The Balaban J connectivity index is 2.35. The van der Waals surface area contributed by atoms with Crippen LogP contribution in [0.1, 0.15) is 24.0 Å². The Labute approximate surface area is 101 Å². The minimum atomic E-state index is 0.306. The molecule has 0 atom stereocenters. The molecule has 0 amide bonds. The zero-order chi connectivity index (χ0) is 12.0. The quantitative estimate of drug-likeness (QED) is 0.207. The first-order chi connectivity index (χ1) is 7.63. The zero-order valence-electron chi connectivity index (χ0n) is 9.73. The predicted octanol–water partition coefficient (Wildman–Crippen LogP) is 2.92. The second kappa shape index (κ2) is 6.43. The van der Waals surface area contributed by atoms with Gasteiger partial charge in [-0.3, -0.25) is 0 Å². The van der Waals surface area contributed by atoms with Gasteiger partial charge in [-0.15, -0.1) is 11.8 Å². The van der Waals surface area contributed by atoms with Crippen molar-refractivity contribution in [3.63, 3.8) is 0 Å². The first-order valence-electron chi connectivity index (χ1n) is 5.30. The van der Waals surface area contributed by atoms with Crippen LogP contribution in [0, 0.1) is 13.8 Å². The molecule has 1 aromatic carbocycles. The van der Waals surface area contributed by atoms with Crippen LogP contribution in [0.4, 0.5) is 0 Å². The maximum absolute atomic E-state index is 8.37. The van der Waals surface area contributed by atoms with E-state index in [1.54, 1.807) is 11.8 Å². The van der Waals surface area contributed by atoms with Crippen LogP contribution in [0.25, 0.3) is 0 Å². The Hall–Kier alpha value is -1.16. The smallest absolute Gasteiger partial charge is 0.139 e. The molecule has 0 unspecified atom stereocenters. The molecule has 0 aliphatic carbocycles. The summed E-state index contributed by atoms with van der Waals surface area (Å²) in [6.45, 7) is 4.23. The maximum atomic E-state index is 8.37. The summed E-state index contributed by atoms with van der Waals surface area (Å²) in [6.07, 6.45) is 1.57. The van der Waals surface area contributed by atoms with Crippen LogP contribution in [0.2, 0.25) is 0 Å². The largest absolute Gasteiger partial charge is 0.409 e. The molecule has 1 aromatic rings. The van der Waals surface area contributed by atoms with E-state index in [2.05, 4.69) is 37.2 Å². The van der Waals surface area contributed by atoms with Crippen LogP contribution in [0.5, 0.6) is 0 Å². The van der Waals surface area contributed by atoms with Gasteiger partial charge in [-0.05, 0) is 49.3 Å². The Kier molecular flexibility index (Phi) is 5.19. The lowest BCUT2D eigenvalue weighted by Gasteiger charge is -2.04. The van der Waals surface area contributed by atoms with Crippen molar-refractivity contribution in [1.82, 2.24) is 0 Å². The van der Waals surface area contributed by atoms with Gasteiger partial charge in [0.15, 0.2) is 0 Å². The third kappa shape index (κ3) is 4.14. The van der Waals surface area contributed by atoms with Crippen molar-refractivity contribution in [1.29, 1.82) is 0 Å². The first kappa shape index (κ1) is 12.9. The standard InChI is InChI=1S/C12H18N2OS/c1-9-5-6-11(8-10(9)2)16-7-3-4-12(13)14-15/h5-6,8,15H,3-4,7H2,1-2H3,(H2,13,14). The minimum absolute atomic E-state index is 0.306. The summed E-state index contributed by atoms with van der Waals surface area (Å²) < 4.78 is 0. The second-order valence-electron chi connectivity index (χ2n) is 3.79. The Bertz CT molecular complexity index is 377. The highest BCUT2D eigenvalue weighted by Crippen LogP contribution is 2.21. The number of thioether (sulfide) groups is 1. The van der Waals surface area contributed by atoms with Crippen molar-refractivity contribution < 1.29 is 5.21 Å². The fourth-order valence-electron chi connectivity index (χ4n) is 1.30. The number of nitrogens with zero attached hydrogens (tertiary/aromatic N) is 1. The molecule has 0 aromatic heterocycles. The molecule has 0 bridgehead atoms. The van der Waals surface area contributed by atoms with Crippen LogP contribution < -0.4 is 5.73 Å². The van der Waals surface area contributed by atoms with E-state index in [4.69, 9.17) is 10.9 Å². The third-order valence-electron chi connectivity index (χ3n) is 2.45. The van der Waals surface area contributed by atoms with Gasteiger partial charge in [-0.1, -0.05) is 11.2 Å². The van der Waals surface area contributed by atoms with Gasteiger partial charge in [0.1, 0.15) is 5.84 Å². The van der Waals surface area contributed by atoms with Gasteiger partial charge < -0.3 is 10.9 Å². The SMILES string of the molecule is Cc1ccc(SCCC/C(N)=N/O)cc1C. The number of amidine groups is 1. The van der Waals surface area contributed by atoms with Crippen LogP contribution in [0.15, 0.2) is 28.3 Å². The average Bonchev–Trinajstić information content (AvgIpc) is 2.28. The number of rotatable bonds is 5. The van der Waals surface area contributed by atoms with Crippen molar-refractivity contribution >= 4 is 17.6 Å². The maximum Gasteiger partial charge on any atom is 0.139 e. The normalized spacial score (nSPS) is 11.8. The van der Waals surface area contributed by atoms with Crippen molar-refractivity contribution in [3.05, 3.63) is 29.3 Å². The van der Waals surface area contributed by atoms with E-state index >= 15 is 0 Å². The minimum Gasteiger partial charge on any atom is -0.409 e. The van der Waals surface area contributed by atoms with E-state index in [-0.39, 0.29) is 0 Å². The zero-order valence-corrected chi connectivity index (χ0v) is 10.5. The average molecular weight is 238 g/mol. The number of nitrogens with two attached hydrogens (primary N) is 1. The van der Waals surface area contributed by atoms with Gasteiger partial charge in [0.05, 0.1) is 0 Å². The molecule has 0 saturated heterocycles. The number of oxime groups is 1. The van der Waals surface area contributed by atoms with Gasteiger partial charge in [-0.2, -0.15) is 0 Å². The van der Waals surface area contributed by atoms with E-state index < -0.39 is 0 Å². The van der Waals surface area contributed by atoms with Crippen LogP contribution in [0.3, 0.4) is 0 Å². The highest BCUT2D eigenvalue weighted by Gasteiger charge is 1.98. The van der Waals surface area contributed by atoms with Crippen molar-refractivity contribution in [3.8, 4) is 0 Å². The topological polar surface area (TPSA) is 58.6 Å². The lowest BCUT2D eigenvalue weighted by atomic mass is 10.1. The Morgan fingerprint density at radius 3 is 2.75 bits per heavy atom. The summed E-state index contributed by atoms with van der Waals surface area (Å²) in [5, 5.41) is 11.3. The fourth-order valence-corrected chi connectivity index (χ4v) is 2.25. The third-order valence-corrected chi connectivity index (χ3v) is 3.53. The van der Waals surface area contributed by atoms with Crippen molar-refractivity contribution in [2.75, 3.05) is 5.75 Å². The lowest BCUT2D eigenvalue weighted by Crippen LogP contribution is -2.11. The molecular weight excluding hydrogens is 220 g/mol. The predicted molar refractivity (Wildman–Crippen MR) is 69.3 cm³/mol. The molecule has 0 aliphatic heterocycles. The summed E-state index contributed by atoms with van der Waals surface area (Å²) in [7, 11) is 0. The van der Waals surface area contributed by atoms with Gasteiger partial charge in [0.2, 0.25) is 0 Å². The van der Waals surface area contributed by atoms with Gasteiger partial charge in [0, 0.05) is 11.3 Å². The number of hydrogen-bond donors (Lipinski definition) is 2. The van der Waals surface area contributed by atoms with Gasteiger partial charge in [-0.25, -0.2) is 0 Å². The Morgan fingerprint density at radius 1 is 1.38 bits per heavy atom. The molecule has 0 saturated carbocycles. The van der Waals surface area contributed by atoms with Crippen LogP contribution in [-0.4, -0.2) is 16.8 Å². The summed E-state index contributed by atoms with van der Waals surface area (Å²) in [5.41, 5.74) is 8.03. The van der Waals surface area contributed by atoms with E-state index in [1.807, 2.05) is 0 Å². The summed E-state index contributed by atoms with van der Waals surface area (Å²) >= 11 is 1.80. The molecule has 88 valence electrons.